The Kier molecular flexibility index (Phi) is 5.06. The van der Waals surface area contributed by atoms with E-state index in [1.165, 1.54) is 0 Å². The number of carbonyl (C=O) groups is 2. The lowest BCUT2D eigenvalue weighted by molar-refractivity contribution is -0.115. The van der Waals surface area contributed by atoms with E-state index in [9.17, 15) is 9.59 Å². The van der Waals surface area contributed by atoms with Gasteiger partial charge in [-0.05, 0) is 42.5 Å². The Balaban J connectivity index is 2.04. The summed E-state index contributed by atoms with van der Waals surface area (Å²) in [5.41, 5.74) is 1.90. The number of hydrogen-bond acceptors (Lipinski definition) is 4. The summed E-state index contributed by atoms with van der Waals surface area (Å²) in [6.45, 7) is 0. The highest BCUT2D eigenvalue weighted by atomic mass is 16.2. The fourth-order valence-electron chi connectivity index (χ4n) is 1.85. The van der Waals surface area contributed by atoms with Gasteiger partial charge >= 0.3 is 0 Å². The fraction of sp³-hybridized carbons (Fsp3) is 0.0588. The lowest BCUT2D eigenvalue weighted by atomic mass is 10.1. The van der Waals surface area contributed by atoms with Crippen LogP contribution in [0.25, 0.3) is 0 Å². The smallest absolute Gasteiger partial charge is 0.255 e. The number of carbonyl (C=O) groups excluding carboxylic acids is 2. The third kappa shape index (κ3) is 4.42. The fourth-order valence-corrected chi connectivity index (χ4v) is 1.85. The molecule has 23 heavy (non-hydrogen) atoms. The van der Waals surface area contributed by atoms with E-state index >= 15 is 0 Å². The summed E-state index contributed by atoms with van der Waals surface area (Å²) in [5.74, 6) is -0.729. The minimum atomic E-state index is -0.405. The first-order valence-electron chi connectivity index (χ1n) is 6.71. The van der Waals surface area contributed by atoms with Crippen LogP contribution in [0.5, 0.6) is 0 Å². The zero-order valence-corrected chi connectivity index (χ0v) is 12.0. The molecular formula is C17H12N4O2. The van der Waals surface area contributed by atoms with Crippen LogP contribution in [-0.2, 0) is 4.79 Å². The van der Waals surface area contributed by atoms with Gasteiger partial charge < -0.3 is 10.6 Å². The van der Waals surface area contributed by atoms with Crippen molar-refractivity contribution in [3.8, 4) is 12.1 Å². The molecule has 2 amide bonds. The first kappa shape index (κ1) is 15.7. The van der Waals surface area contributed by atoms with Gasteiger partial charge in [-0.15, -0.1) is 0 Å². The van der Waals surface area contributed by atoms with Crippen molar-refractivity contribution in [3.63, 3.8) is 0 Å². The summed E-state index contributed by atoms with van der Waals surface area (Å²) in [5, 5.41) is 22.5. The molecule has 112 valence electrons. The topological polar surface area (TPSA) is 106 Å². The molecule has 0 saturated heterocycles. The second kappa shape index (κ2) is 7.39. The number of hydrogen-bond donors (Lipinski definition) is 2. The minimum absolute atomic E-state index is 0.225. The van der Waals surface area contributed by atoms with Crippen LogP contribution < -0.4 is 10.6 Å². The van der Waals surface area contributed by atoms with Crippen LogP contribution in [0, 0.1) is 22.7 Å². The molecule has 2 N–H and O–H groups in total. The zero-order chi connectivity index (χ0) is 16.7. The van der Waals surface area contributed by atoms with E-state index in [-0.39, 0.29) is 12.3 Å². The summed E-state index contributed by atoms with van der Waals surface area (Å²) in [7, 11) is 0. The summed E-state index contributed by atoms with van der Waals surface area (Å²) >= 11 is 0. The van der Waals surface area contributed by atoms with Crippen LogP contribution in [0.3, 0.4) is 0 Å². The molecule has 2 aromatic rings. The molecular weight excluding hydrogens is 292 g/mol. The lowest BCUT2D eigenvalue weighted by Gasteiger charge is -2.07. The standard InChI is InChI=1S/C17H12N4O2/c18-9-8-16(22)20-14-6-4-13(5-7-14)17(23)21-15-3-1-2-12(10-15)11-19/h1-7,10H,8H2,(H,20,22)(H,21,23). The number of nitrogens with zero attached hydrogens (tertiary/aromatic N) is 2. The molecule has 0 spiro atoms. The average molecular weight is 304 g/mol. The maximum Gasteiger partial charge on any atom is 0.255 e. The molecule has 0 aromatic heterocycles. The van der Waals surface area contributed by atoms with Crippen LogP contribution in [-0.4, -0.2) is 11.8 Å². The molecule has 0 fully saturated rings. The van der Waals surface area contributed by atoms with Gasteiger partial charge in [0.2, 0.25) is 5.91 Å². The van der Waals surface area contributed by atoms with Crippen molar-refractivity contribution >= 4 is 23.2 Å². The quantitative estimate of drug-likeness (QED) is 0.905. The molecule has 0 aliphatic carbocycles. The van der Waals surface area contributed by atoms with Crippen LogP contribution >= 0.6 is 0 Å². The maximum atomic E-state index is 12.1. The lowest BCUT2D eigenvalue weighted by Crippen LogP contribution is -2.13. The maximum absolute atomic E-state index is 12.1. The van der Waals surface area contributed by atoms with Crippen LogP contribution in [0.4, 0.5) is 11.4 Å². The van der Waals surface area contributed by atoms with Gasteiger partial charge in [0.25, 0.3) is 5.91 Å². The van der Waals surface area contributed by atoms with Crippen molar-refractivity contribution in [2.24, 2.45) is 0 Å². The normalized spacial score (nSPS) is 9.30. The van der Waals surface area contributed by atoms with Crippen molar-refractivity contribution in [1.29, 1.82) is 10.5 Å². The van der Waals surface area contributed by atoms with E-state index in [0.29, 0.717) is 22.5 Å². The highest BCUT2D eigenvalue weighted by Gasteiger charge is 2.07. The second-order valence-corrected chi connectivity index (χ2v) is 4.61. The second-order valence-electron chi connectivity index (χ2n) is 4.61. The summed E-state index contributed by atoms with van der Waals surface area (Å²) in [4.78, 5) is 23.4. The van der Waals surface area contributed by atoms with Gasteiger partial charge in [-0.3, -0.25) is 9.59 Å². The van der Waals surface area contributed by atoms with Crippen molar-refractivity contribution in [2.45, 2.75) is 6.42 Å². The van der Waals surface area contributed by atoms with Crippen molar-refractivity contribution in [3.05, 3.63) is 59.7 Å². The van der Waals surface area contributed by atoms with E-state index in [1.807, 2.05) is 6.07 Å². The van der Waals surface area contributed by atoms with E-state index in [2.05, 4.69) is 10.6 Å². The number of benzene rings is 2. The Morgan fingerprint density at radius 3 is 2.35 bits per heavy atom. The molecule has 2 rings (SSSR count). The van der Waals surface area contributed by atoms with Gasteiger partial charge in [0.05, 0.1) is 17.7 Å². The first-order valence-corrected chi connectivity index (χ1v) is 6.71. The minimum Gasteiger partial charge on any atom is -0.325 e. The van der Waals surface area contributed by atoms with E-state index in [1.54, 1.807) is 54.6 Å². The molecule has 0 radical (unpaired) electrons. The monoisotopic (exact) mass is 304 g/mol. The largest absolute Gasteiger partial charge is 0.325 e. The third-order valence-electron chi connectivity index (χ3n) is 2.92. The van der Waals surface area contributed by atoms with Gasteiger partial charge in [0, 0.05) is 16.9 Å². The van der Waals surface area contributed by atoms with Crippen molar-refractivity contribution in [1.82, 2.24) is 0 Å². The van der Waals surface area contributed by atoms with Gasteiger partial charge in [-0.2, -0.15) is 10.5 Å². The molecule has 0 aliphatic rings. The van der Waals surface area contributed by atoms with Gasteiger partial charge in [-0.25, -0.2) is 0 Å². The Morgan fingerprint density at radius 2 is 1.70 bits per heavy atom. The van der Waals surface area contributed by atoms with Gasteiger partial charge in [0.15, 0.2) is 0 Å². The Bertz CT molecular complexity index is 814. The summed E-state index contributed by atoms with van der Waals surface area (Å²) in [6, 6.07) is 16.6. The Labute approximate surface area is 133 Å². The number of anilines is 2. The number of nitriles is 2. The predicted molar refractivity (Wildman–Crippen MR) is 84.4 cm³/mol. The Morgan fingerprint density at radius 1 is 0.957 bits per heavy atom. The molecule has 2 aromatic carbocycles. The van der Waals surface area contributed by atoms with E-state index < -0.39 is 5.91 Å². The number of nitrogens with one attached hydrogen (secondary N) is 2. The highest BCUT2D eigenvalue weighted by molar-refractivity contribution is 6.04. The molecule has 0 heterocycles. The average Bonchev–Trinajstić information content (AvgIpc) is 2.56. The van der Waals surface area contributed by atoms with Crippen molar-refractivity contribution in [2.75, 3.05) is 10.6 Å². The zero-order valence-electron chi connectivity index (χ0n) is 12.0. The molecule has 0 unspecified atom stereocenters. The predicted octanol–water partition coefficient (Wildman–Crippen LogP) is 2.66. The first-order chi connectivity index (χ1) is 11.1. The summed E-state index contributed by atoms with van der Waals surface area (Å²) < 4.78 is 0. The van der Waals surface area contributed by atoms with Crippen LogP contribution in [0.15, 0.2) is 48.5 Å². The molecule has 0 aliphatic heterocycles. The SMILES string of the molecule is N#CCC(=O)Nc1ccc(C(=O)Nc2cccc(C#N)c2)cc1. The molecule has 0 bridgehead atoms. The van der Waals surface area contributed by atoms with E-state index in [4.69, 9.17) is 10.5 Å². The highest BCUT2D eigenvalue weighted by Crippen LogP contribution is 2.14. The molecule has 6 nitrogen and oxygen atoms in total. The number of rotatable bonds is 4. The molecule has 0 saturated carbocycles. The van der Waals surface area contributed by atoms with Gasteiger partial charge in [0.1, 0.15) is 6.42 Å². The summed E-state index contributed by atoms with van der Waals surface area (Å²) in [6.07, 6.45) is -0.225. The Hall–Kier alpha value is -3.64. The van der Waals surface area contributed by atoms with Crippen molar-refractivity contribution < 1.29 is 9.59 Å². The van der Waals surface area contributed by atoms with Crippen LogP contribution in [0.2, 0.25) is 0 Å². The number of amides is 2. The molecule has 0 atom stereocenters. The third-order valence-corrected chi connectivity index (χ3v) is 2.92. The molecule has 6 heteroatoms. The van der Waals surface area contributed by atoms with Gasteiger partial charge in [-0.1, -0.05) is 6.07 Å². The van der Waals surface area contributed by atoms with Crippen LogP contribution in [0.1, 0.15) is 22.3 Å². The van der Waals surface area contributed by atoms with E-state index in [0.717, 1.165) is 0 Å².